The van der Waals surface area contributed by atoms with Gasteiger partial charge in [0, 0.05) is 17.5 Å². The number of amides is 1. The molecule has 130 valence electrons. The number of aromatic nitrogens is 3. The zero-order valence-electron chi connectivity index (χ0n) is 14.2. The van der Waals surface area contributed by atoms with Gasteiger partial charge < -0.3 is 14.8 Å². The van der Waals surface area contributed by atoms with Crippen LogP contribution in [0.5, 0.6) is 11.5 Å². The van der Waals surface area contributed by atoms with Crippen molar-refractivity contribution in [3.8, 4) is 11.5 Å². The molecule has 3 aromatic rings. The smallest absolute Gasteiger partial charge is 0.224 e. The van der Waals surface area contributed by atoms with Crippen LogP contribution in [0, 0.1) is 6.92 Å². The van der Waals surface area contributed by atoms with Gasteiger partial charge in [0.25, 0.3) is 0 Å². The van der Waals surface area contributed by atoms with Crippen molar-refractivity contribution in [2.75, 3.05) is 19.0 Å². The van der Waals surface area contributed by atoms with Crippen LogP contribution in [0.25, 0.3) is 11.0 Å². The molecule has 0 unspecified atom stereocenters. The molecule has 0 saturated heterocycles. The maximum absolute atomic E-state index is 12.0. The van der Waals surface area contributed by atoms with Crippen molar-refractivity contribution < 1.29 is 14.3 Å². The van der Waals surface area contributed by atoms with Crippen LogP contribution >= 0.6 is 0 Å². The number of aromatic amines is 1. The summed E-state index contributed by atoms with van der Waals surface area (Å²) < 4.78 is 10.7. The summed E-state index contributed by atoms with van der Waals surface area (Å²) in [5.41, 5.74) is 2.23. The highest BCUT2D eigenvalue weighted by molar-refractivity contribution is 5.92. The number of aryl methyl sites for hydroxylation is 1. The number of methoxy groups -OCH3 is 1. The average Bonchev–Trinajstić information content (AvgIpc) is 3.00. The highest BCUT2D eigenvalue weighted by atomic mass is 16.5. The van der Waals surface area contributed by atoms with Crippen molar-refractivity contribution in [2.24, 2.45) is 0 Å². The number of carbonyl (C=O) groups is 1. The van der Waals surface area contributed by atoms with Gasteiger partial charge in [0.2, 0.25) is 5.91 Å². The van der Waals surface area contributed by atoms with E-state index in [2.05, 4.69) is 20.5 Å². The number of nitrogens with zero attached hydrogens (tertiary/aromatic N) is 2. The Labute approximate surface area is 145 Å². The van der Waals surface area contributed by atoms with Crippen molar-refractivity contribution in [2.45, 2.75) is 19.8 Å². The predicted octanol–water partition coefficient (Wildman–Crippen LogP) is 3.07. The minimum Gasteiger partial charge on any atom is -0.497 e. The zero-order valence-corrected chi connectivity index (χ0v) is 14.2. The van der Waals surface area contributed by atoms with E-state index in [9.17, 15) is 4.79 Å². The monoisotopic (exact) mass is 340 g/mol. The largest absolute Gasteiger partial charge is 0.497 e. The van der Waals surface area contributed by atoms with Crippen LogP contribution in [0.15, 0.2) is 36.5 Å². The molecule has 2 aromatic heterocycles. The fraction of sp³-hybridized carbons (Fsp3) is 0.278. The summed E-state index contributed by atoms with van der Waals surface area (Å²) in [4.78, 5) is 16.2. The molecule has 0 aliphatic heterocycles. The number of benzene rings is 1. The molecular formula is C18H20N4O3. The lowest BCUT2D eigenvalue weighted by Gasteiger charge is -2.08. The van der Waals surface area contributed by atoms with Gasteiger partial charge in [-0.05, 0) is 43.7 Å². The fourth-order valence-electron chi connectivity index (χ4n) is 2.41. The maximum atomic E-state index is 12.0. The van der Waals surface area contributed by atoms with Crippen LogP contribution in [0.2, 0.25) is 0 Å². The van der Waals surface area contributed by atoms with Crippen LogP contribution in [-0.4, -0.2) is 34.8 Å². The highest BCUT2D eigenvalue weighted by Crippen LogP contribution is 2.18. The highest BCUT2D eigenvalue weighted by Gasteiger charge is 2.07. The van der Waals surface area contributed by atoms with Crippen LogP contribution in [0.4, 0.5) is 5.69 Å². The molecule has 3 rings (SSSR count). The number of pyridine rings is 1. The third kappa shape index (κ3) is 4.26. The lowest BCUT2D eigenvalue weighted by atomic mass is 10.2. The van der Waals surface area contributed by atoms with Crippen molar-refractivity contribution in [1.29, 1.82) is 0 Å². The third-order valence-electron chi connectivity index (χ3n) is 3.76. The van der Waals surface area contributed by atoms with Crippen LogP contribution in [0.1, 0.15) is 18.5 Å². The third-order valence-corrected chi connectivity index (χ3v) is 3.76. The van der Waals surface area contributed by atoms with Gasteiger partial charge in [-0.2, -0.15) is 5.10 Å². The van der Waals surface area contributed by atoms with Gasteiger partial charge in [0.15, 0.2) is 5.65 Å². The maximum Gasteiger partial charge on any atom is 0.224 e. The number of H-pyrrole nitrogens is 1. The van der Waals surface area contributed by atoms with E-state index in [1.54, 1.807) is 13.3 Å². The number of nitrogens with one attached hydrogen (secondary N) is 2. The summed E-state index contributed by atoms with van der Waals surface area (Å²) >= 11 is 0. The number of hydrogen-bond donors (Lipinski definition) is 2. The quantitative estimate of drug-likeness (QED) is 0.645. The summed E-state index contributed by atoms with van der Waals surface area (Å²) in [6.07, 6.45) is 2.60. The van der Waals surface area contributed by atoms with Crippen molar-refractivity contribution in [1.82, 2.24) is 15.2 Å². The van der Waals surface area contributed by atoms with Crippen LogP contribution < -0.4 is 14.8 Å². The number of rotatable bonds is 7. The fourth-order valence-corrected chi connectivity index (χ4v) is 2.41. The summed E-state index contributed by atoms with van der Waals surface area (Å²) in [5.74, 6) is 1.47. The first-order valence-electron chi connectivity index (χ1n) is 8.03. The number of carbonyl (C=O) groups excluding carboxylic acids is 1. The number of ether oxygens (including phenoxy) is 2. The summed E-state index contributed by atoms with van der Waals surface area (Å²) in [5, 5.41) is 10.7. The number of fused-ring (bicyclic) bond motifs is 1. The van der Waals surface area contributed by atoms with Crippen LogP contribution in [0.3, 0.4) is 0 Å². The zero-order chi connectivity index (χ0) is 17.6. The SMILES string of the molecule is COc1ccc(OCCCC(=O)Nc2cnc3n[nH]c(C)c3c2)cc1. The molecule has 1 aromatic carbocycles. The lowest BCUT2D eigenvalue weighted by molar-refractivity contribution is -0.116. The molecule has 2 N–H and O–H groups in total. The molecule has 0 fully saturated rings. The van der Waals surface area contributed by atoms with Gasteiger partial charge in [0.05, 0.1) is 25.6 Å². The van der Waals surface area contributed by atoms with Gasteiger partial charge in [0.1, 0.15) is 11.5 Å². The van der Waals surface area contributed by atoms with Gasteiger partial charge in [-0.3, -0.25) is 9.89 Å². The topological polar surface area (TPSA) is 89.1 Å². The molecule has 0 radical (unpaired) electrons. The van der Waals surface area contributed by atoms with E-state index in [0.717, 1.165) is 22.6 Å². The molecule has 0 bridgehead atoms. The lowest BCUT2D eigenvalue weighted by Crippen LogP contribution is -2.13. The Balaban J connectivity index is 1.44. The predicted molar refractivity (Wildman–Crippen MR) is 95.0 cm³/mol. The van der Waals surface area contributed by atoms with Gasteiger partial charge in [-0.1, -0.05) is 0 Å². The normalized spacial score (nSPS) is 10.6. The van der Waals surface area contributed by atoms with E-state index < -0.39 is 0 Å². The van der Waals surface area contributed by atoms with E-state index in [1.165, 1.54) is 0 Å². The Bertz CT molecular complexity index is 858. The second kappa shape index (κ2) is 7.65. The first kappa shape index (κ1) is 16.8. The van der Waals surface area contributed by atoms with E-state index in [0.29, 0.717) is 30.8 Å². The summed E-state index contributed by atoms with van der Waals surface area (Å²) in [6, 6.07) is 9.22. The Kier molecular flexibility index (Phi) is 5.13. The minimum atomic E-state index is -0.0689. The van der Waals surface area contributed by atoms with E-state index >= 15 is 0 Å². The summed E-state index contributed by atoms with van der Waals surface area (Å²) in [7, 11) is 1.62. The first-order chi connectivity index (χ1) is 12.2. The number of hydrogen-bond acceptors (Lipinski definition) is 5. The standard InChI is InChI=1S/C18H20N4O3/c1-12-16-10-13(11-19-18(16)22-21-12)20-17(23)4-3-9-25-15-7-5-14(24-2)6-8-15/h5-8,10-11H,3-4,9H2,1-2H3,(H,20,23)(H,19,21,22). The van der Waals surface area contributed by atoms with E-state index in [-0.39, 0.29) is 5.91 Å². The molecule has 0 saturated carbocycles. The minimum absolute atomic E-state index is 0.0689. The molecule has 25 heavy (non-hydrogen) atoms. The summed E-state index contributed by atoms with van der Waals surface area (Å²) in [6.45, 7) is 2.39. The van der Waals surface area contributed by atoms with E-state index in [4.69, 9.17) is 9.47 Å². The van der Waals surface area contributed by atoms with Crippen molar-refractivity contribution >= 4 is 22.6 Å². The molecule has 7 nitrogen and oxygen atoms in total. The molecular weight excluding hydrogens is 320 g/mol. The first-order valence-corrected chi connectivity index (χ1v) is 8.03. The van der Waals surface area contributed by atoms with Gasteiger partial charge in [-0.25, -0.2) is 4.98 Å². The van der Waals surface area contributed by atoms with Gasteiger partial charge in [-0.15, -0.1) is 0 Å². The molecule has 0 spiro atoms. The van der Waals surface area contributed by atoms with Gasteiger partial charge >= 0.3 is 0 Å². The second-order valence-electron chi connectivity index (χ2n) is 5.62. The Hall–Kier alpha value is -3.09. The molecule has 1 amide bonds. The molecule has 2 heterocycles. The molecule has 0 aliphatic carbocycles. The Morgan fingerprint density at radius 1 is 1.24 bits per heavy atom. The second-order valence-corrected chi connectivity index (χ2v) is 5.62. The van der Waals surface area contributed by atoms with Crippen LogP contribution in [-0.2, 0) is 4.79 Å². The van der Waals surface area contributed by atoms with E-state index in [1.807, 2.05) is 37.3 Å². The molecule has 7 heteroatoms. The Morgan fingerprint density at radius 3 is 2.76 bits per heavy atom. The van der Waals surface area contributed by atoms with Crippen molar-refractivity contribution in [3.05, 3.63) is 42.2 Å². The molecule has 0 atom stereocenters. The molecule has 0 aliphatic rings. The number of anilines is 1. The van der Waals surface area contributed by atoms with Crippen molar-refractivity contribution in [3.63, 3.8) is 0 Å². The average molecular weight is 340 g/mol. The Morgan fingerprint density at radius 2 is 2.00 bits per heavy atom.